The van der Waals surface area contributed by atoms with Crippen molar-refractivity contribution in [3.8, 4) is 0 Å². The Balaban J connectivity index is 2.17. The SMILES string of the molecule is Cc1ccccc1CC(CO)c1cccs1. The van der Waals surface area contributed by atoms with Gasteiger partial charge >= 0.3 is 0 Å². The highest BCUT2D eigenvalue weighted by Gasteiger charge is 2.13. The van der Waals surface area contributed by atoms with Gasteiger partial charge in [-0.2, -0.15) is 0 Å². The van der Waals surface area contributed by atoms with Gasteiger partial charge in [0.1, 0.15) is 0 Å². The van der Waals surface area contributed by atoms with Crippen LogP contribution in [0, 0.1) is 6.92 Å². The van der Waals surface area contributed by atoms with Crippen molar-refractivity contribution >= 4 is 11.3 Å². The summed E-state index contributed by atoms with van der Waals surface area (Å²) in [6.45, 7) is 2.34. The average molecular weight is 232 g/mol. The lowest BCUT2D eigenvalue weighted by Gasteiger charge is -2.13. The second kappa shape index (κ2) is 5.28. The number of hydrogen-bond acceptors (Lipinski definition) is 2. The molecule has 1 aromatic heterocycles. The molecule has 2 heteroatoms. The van der Waals surface area contributed by atoms with E-state index in [4.69, 9.17) is 0 Å². The fourth-order valence-electron chi connectivity index (χ4n) is 1.88. The summed E-state index contributed by atoms with van der Waals surface area (Å²) < 4.78 is 0. The van der Waals surface area contributed by atoms with Crippen LogP contribution >= 0.6 is 11.3 Å². The van der Waals surface area contributed by atoms with Crippen LogP contribution in [-0.4, -0.2) is 11.7 Å². The third-order valence-electron chi connectivity index (χ3n) is 2.89. The van der Waals surface area contributed by atoms with E-state index in [0.717, 1.165) is 6.42 Å². The van der Waals surface area contributed by atoms with E-state index in [0.29, 0.717) is 0 Å². The molecule has 0 amide bonds. The van der Waals surface area contributed by atoms with E-state index in [1.54, 1.807) is 11.3 Å². The summed E-state index contributed by atoms with van der Waals surface area (Å²) in [5.41, 5.74) is 2.63. The van der Waals surface area contributed by atoms with Crippen LogP contribution in [0.2, 0.25) is 0 Å². The summed E-state index contributed by atoms with van der Waals surface area (Å²) >= 11 is 1.72. The van der Waals surface area contributed by atoms with Gasteiger partial charge in [-0.15, -0.1) is 11.3 Å². The first-order valence-electron chi connectivity index (χ1n) is 5.50. The number of aliphatic hydroxyl groups excluding tert-OH is 1. The van der Waals surface area contributed by atoms with Gasteiger partial charge in [-0.05, 0) is 35.9 Å². The van der Waals surface area contributed by atoms with E-state index < -0.39 is 0 Å². The molecule has 84 valence electrons. The summed E-state index contributed by atoms with van der Waals surface area (Å²) in [4.78, 5) is 1.27. The Hall–Kier alpha value is -1.12. The molecule has 1 unspecified atom stereocenters. The van der Waals surface area contributed by atoms with Crippen molar-refractivity contribution in [3.63, 3.8) is 0 Å². The molecule has 0 saturated carbocycles. The number of benzene rings is 1. The lowest BCUT2D eigenvalue weighted by Crippen LogP contribution is -2.06. The van der Waals surface area contributed by atoms with Gasteiger partial charge in [-0.25, -0.2) is 0 Å². The molecule has 0 aliphatic rings. The van der Waals surface area contributed by atoms with E-state index in [1.807, 2.05) is 6.07 Å². The Morgan fingerprint density at radius 1 is 1.19 bits per heavy atom. The predicted octanol–water partition coefficient (Wildman–Crippen LogP) is 3.38. The van der Waals surface area contributed by atoms with Crippen molar-refractivity contribution < 1.29 is 5.11 Å². The monoisotopic (exact) mass is 232 g/mol. The first-order chi connectivity index (χ1) is 7.81. The molecule has 0 radical (unpaired) electrons. The van der Waals surface area contributed by atoms with E-state index >= 15 is 0 Å². The highest BCUT2D eigenvalue weighted by atomic mass is 32.1. The van der Waals surface area contributed by atoms with E-state index in [2.05, 4.69) is 42.6 Å². The smallest absolute Gasteiger partial charge is 0.0510 e. The molecular weight excluding hydrogens is 216 g/mol. The van der Waals surface area contributed by atoms with Crippen LogP contribution in [0.1, 0.15) is 21.9 Å². The third kappa shape index (κ3) is 2.52. The molecule has 0 bridgehead atoms. The summed E-state index contributed by atoms with van der Waals surface area (Å²) in [6.07, 6.45) is 0.920. The van der Waals surface area contributed by atoms with Crippen LogP contribution in [0.15, 0.2) is 41.8 Å². The molecule has 0 fully saturated rings. The molecule has 0 aliphatic heterocycles. The average Bonchev–Trinajstić information content (AvgIpc) is 2.81. The molecular formula is C14H16OS. The normalized spacial score (nSPS) is 12.6. The van der Waals surface area contributed by atoms with Gasteiger partial charge in [0.2, 0.25) is 0 Å². The van der Waals surface area contributed by atoms with Crippen molar-refractivity contribution in [1.82, 2.24) is 0 Å². The maximum atomic E-state index is 9.46. The lowest BCUT2D eigenvalue weighted by molar-refractivity contribution is 0.266. The molecule has 16 heavy (non-hydrogen) atoms. The second-order valence-electron chi connectivity index (χ2n) is 4.03. The van der Waals surface area contributed by atoms with Crippen LogP contribution in [-0.2, 0) is 6.42 Å². The van der Waals surface area contributed by atoms with Crippen LogP contribution in [0.5, 0.6) is 0 Å². The van der Waals surface area contributed by atoms with Crippen molar-refractivity contribution in [2.24, 2.45) is 0 Å². The summed E-state index contributed by atoms with van der Waals surface area (Å²) in [5, 5.41) is 11.5. The van der Waals surface area contributed by atoms with Gasteiger partial charge in [0.25, 0.3) is 0 Å². The summed E-state index contributed by atoms with van der Waals surface area (Å²) in [5.74, 6) is 0.237. The Morgan fingerprint density at radius 3 is 2.62 bits per heavy atom. The topological polar surface area (TPSA) is 20.2 Å². The highest BCUT2D eigenvalue weighted by Crippen LogP contribution is 2.25. The molecule has 1 N–H and O–H groups in total. The number of aliphatic hydroxyl groups is 1. The van der Waals surface area contributed by atoms with Crippen molar-refractivity contribution in [2.75, 3.05) is 6.61 Å². The number of thiophene rings is 1. The second-order valence-corrected chi connectivity index (χ2v) is 5.00. The minimum Gasteiger partial charge on any atom is -0.396 e. The van der Waals surface area contributed by atoms with Crippen molar-refractivity contribution in [3.05, 3.63) is 57.8 Å². The number of rotatable bonds is 4. The molecule has 0 aliphatic carbocycles. The fourth-order valence-corrected chi connectivity index (χ4v) is 2.70. The highest BCUT2D eigenvalue weighted by molar-refractivity contribution is 7.10. The Bertz CT molecular complexity index is 434. The van der Waals surface area contributed by atoms with Crippen LogP contribution in [0.25, 0.3) is 0 Å². The Kier molecular flexibility index (Phi) is 3.75. The molecule has 0 saturated heterocycles. The van der Waals surface area contributed by atoms with Gasteiger partial charge in [-0.3, -0.25) is 0 Å². The number of hydrogen-bond donors (Lipinski definition) is 1. The van der Waals surface area contributed by atoms with E-state index in [1.165, 1.54) is 16.0 Å². The zero-order chi connectivity index (χ0) is 11.4. The first-order valence-corrected chi connectivity index (χ1v) is 6.38. The zero-order valence-electron chi connectivity index (χ0n) is 9.39. The maximum absolute atomic E-state index is 9.46. The first kappa shape index (κ1) is 11.4. The van der Waals surface area contributed by atoms with E-state index in [-0.39, 0.29) is 12.5 Å². The van der Waals surface area contributed by atoms with Gasteiger partial charge in [-0.1, -0.05) is 30.3 Å². The summed E-state index contributed by atoms with van der Waals surface area (Å²) in [7, 11) is 0. The zero-order valence-corrected chi connectivity index (χ0v) is 10.2. The Morgan fingerprint density at radius 2 is 2.00 bits per heavy atom. The molecule has 1 aromatic carbocycles. The largest absolute Gasteiger partial charge is 0.396 e. The van der Waals surface area contributed by atoms with Gasteiger partial charge in [0, 0.05) is 10.8 Å². The van der Waals surface area contributed by atoms with Gasteiger partial charge in [0.05, 0.1) is 6.61 Å². The molecule has 0 spiro atoms. The third-order valence-corrected chi connectivity index (χ3v) is 3.93. The number of aryl methyl sites for hydroxylation is 1. The molecule has 2 aromatic rings. The predicted molar refractivity (Wildman–Crippen MR) is 69.0 cm³/mol. The van der Waals surface area contributed by atoms with Crippen molar-refractivity contribution in [2.45, 2.75) is 19.3 Å². The van der Waals surface area contributed by atoms with Gasteiger partial charge in [0.15, 0.2) is 0 Å². The van der Waals surface area contributed by atoms with Crippen LogP contribution in [0.3, 0.4) is 0 Å². The molecule has 1 nitrogen and oxygen atoms in total. The minimum atomic E-state index is 0.217. The Labute approximate surface area is 100 Å². The van der Waals surface area contributed by atoms with Crippen LogP contribution in [0.4, 0.5) is 0 Å². The molecule has 1 atom stereocenters. The summed E-state index contributed by atoms with van der Waals surface area (Å²) in [6, 6.07) is 12.5. The quantitative estimate of drug-likeness (QED) is 0.857. The molecule has 2 rings (SSSR count). The minimum absolute atomic E-state index is 0.217. The van der Waals surface area contributed by atoms with Gasteiger partial charge < -0.3 is 5.11 Å². The maximum Gasteiger partial charge on any atom is 0.0510 e. The van der Waals surface area contributed by atoms with E-state index in [9.17, 15) is 5.11 Å². The van der Waals surface area contributed by atoms with Crippen molar-refractivity contribution in [1.29, 1.82) is 0 Å². The standard InChI is InChI=1S/C14H16OS/c1-11-5-2-3-6-12(11)9-13(10-15)14-7-4-8-16-14/h2-8,13,15H,9-10H2,1H3. The molecule has 1 heterocycles. The lowest BCUT2D eigenvalue weighted by atomic mass is 9.95. The fraction of sp³-hybridized carbons (Fsp3) is 0.286. The van der Waals surface area contributed by atoms with Crippen LogP contribution < -0.4 is 0 Å².